The first kappa shape index (κ1) is 27.0. The van der Waals surface area contributed by atoms with Crippen LogP contribution in [0.2, 0.25) is 0 Å². The van der Waals surface area contributed by atoms with Crippen LogP contribution >= 0.6 is 0 Å². The average Bonchev–Trinajstić information content (AvgIpc) is 3.27. The van der Waals surface area contributed by atoms with Crippen molar-refractivity contribution < 1.29 is 13.9 Å². The van der Waals surface area contributed by atoms with Gasteiger partial charge in [-0.2, -0.15) is 0 Å². The lowest BCUT2D eigenvalue weighted by Crippen LogP contribution is -2.54. The smallest absolute Gasteiger partial charge is 0.229 e. The van der Waals surface area contributed by atoms with Gasteiger partial charge in [0.25, 0.3) is 0 Å². The molecular formula is C28H34F2N8O. The van der Waals surface area contributed by atoms with Crippen LogP contribution in [0.25, 0.3) is 22.3 Å². The molecule has 0 saturated carbocycles. The number of imidazole rings is 1. The van der Waals surface area contributed by atoms with Crippen LogP contribution in [0.15, 0.2) is 36.7 Å². The van der Waals surface area contributed by atoms with Crippen LogP contribution in [0.1, 0.15) is 57.1 Å². The number of aromatic nitrogens is 5. The van der Waals surface area contributed by atoms with Crippen molar-refractivity contribution in [2.24, 2.45) is 5.73 Å². The van der Waals surface area contributed by atoms with Crippen LogP contribution in [-0.4, -0.2) is 59.7 Å². The Morgan fingerprint density at radius 1 is 1.08 bits per heavy atom. The number of benzene rings is 1. The molecular weight excluding hydrogens is 502 g/mol. The molecule has 5 rings (SSSR count). The van der Waals surface area contributed by atoms with Gasteiger partial charge in [0.2, 0.25) is 5.95 Å². The first-order chi connectivity index (χ1) is 18.6. The number of hydrogen-bond donors (Lipinski definition) is 3. The van der Waals surface area contributed by atoms with Gasteiger partial charge in [0.05, 0.1) is 17.8 Å². The highest BCUT2D eigenvalue weighted by Gasteiger charge is 2.38. The minimum absolute atomic E-state index is 0.0435. The number of halogens is 2. The predicted octanol–water partition coefficient (Wildman–Crippen LogP) is 4.65. The molecule has 1 aliphatic heterocycles. The second kappa shape index (κ2) is 10.6. The molecule has 1 atom stereocenters. The summed E-state index contributed by atoms with van der Waals surface area (Å²) in [5, 5.41) is 13.9. The van der Waals surface area contributed by atoms with Crippen LogP contribution in [0.4, 0.5) is 20.5 Å². The maximum atomic E-state index is 15.0. The van der Waals surface area contributed by atoms with Gasteiger partial charge in [0.1, 0.15) is 22.9 Å². The number of hydrogen-bond acceptors (Lipinski definition) is 8. The summed E-state index contributed by atoms with van der Waals surface area (Å²) < 4.78 is 31.7. The Bertz CT molecular complexity index is 1480. The minimum atomic E-state index is -0.848. The maximum absolute atomic E-state index is 15.0. The van der Waals surface area contributed by atoms with Crippen LogP contribution < -0.4 is 11.1 Å². The molecule has 206 valence electrons. The molecule has 0 radical (unpaired) electrons. The molecule has 9 nitrogen and oxygen atoms in total. The van der Waals surface area contributed by atoms with E-state index in [-0.39, 0.29) is 28.8 Å². The lowest BCUT2D eigenvalue weighted by molar-refractivity contribution is 0.0359. The number of fused-ring (bicyclic) bond motifs is 1. The topological polar surface area (TPSA) is 118 Å². The molecule has 4 heterocycles. The zero-order valence-corrected chi connectivity index (χ0v) is 22.6. The van der Waals surface area contributed by atoms with Crippen molar-refractivity contribution in [3.8, 4) is 11.3 Å². The number of aryl methyl sites for hydroxylation is 1. The monoisotopic (exact) mass is 536 g/mol. The molecule has 39 heavy (non-hydrogen) atoms. The van der Waals surface area contributed by atoms with E-state index in [2.05, 4.69) is 37.1 Å². The van der Waals surface area contributed by atoms with Crippen LogP contribution in [0, 0.1) is 18.6 Å². The predicted molar refractivity (Wildman–Crippen MR) is 147 cm³/mol. The van der Waals surface area contributed by atoms with Crippen LogP contribution in [0.3, 0.4) is 0 Å². The van der Waals surface area contributed by atoms with Gasteiger partial charge in [-0.15, -0.1) is 0 Å². The van der Waals surface area contributed by atoms with Crippen molar-refractivity contribution in [1.29, 1.82) is 0 Å². The largest absolute Gasteiger partial charge is 0.386 e. The first-order valence-corrected chi connectivity index (χ1v) is 13.2. The van der Waals surface area contributed by atoms with Gasteiger partial charge in [-0.25, -0.2) is 28.7 Å². The molecule has 11 heteroatoms. The zero-order valence-electron chi connectivity index (χ0n) is 22.6. The Kier molecular flexibility index (Phi) is 7.32. The number of nitrogens with one attached hydrogen (secondary N) is 1. The highest BCUT2D eigenvalue weighted by Crippen LogP contribution is 2.33. The Hall–Kier alpha value is -3.54. The summed E-state index contributed by atoms with van der Waals surface area (Å²) in [6.07, 6.45) is 3.14. The van der Waals surface area contributed by atoms with Crippen LogP contribution in [-0.2, 0) is 0 Å². The SMILES string of the molecule is CCN1CCC(N)([C@@H](O)c2ccc(Nc3ncc(F)c(-c4cc(F)c5nc(C)n(C(C)C)c5c4)n3)nc2)CC1. The number of piperidine rings is 1. The van der Waals surface area contributed by atoms with E-state index in [1.165, 1.54) is 6.07 Å². The van der Waals surface area contributed by atoms with Crippen molar-refractivity contribution in [2.45, 2.75) is 58.2 Å². The van der Waals surface area contributed by atoms with Crippen molar-refractivity contribution in [3.63, 3.8) is 0 Å². The Morgan fingerprint density at radius 2 is 1.82 bits per heavy atom. The highest BCUT2D eigenvalue weighted by atomic mass is 19.1. The Labute approximate surface area is 226 Å². The number of aliphatic hydroxyl groups is 1. The second-order valence-corrected chi connectivity index (χ2v) is 10.5. The van der Waals surface area contributed by atoms with Gasteiger partial charge in [0.15, 0.2) is 11.6 Å². The number of pyridine rings is 1. The molecule has 1 fully saturated rings. The van der Waals surface area contributed by atoms with E-state index in [0.717, 1.165) is 25.8 Å². The van der Waals surface area contributed by atoms with Gasteiger partial charge in [0, 0.05) is 28.9 Å². The number of nitrogens with zero attached hydrogens (tertiary/aromatic N) is 6. The van der Waals surface area contributed by atoms with Gasteiger partial charge in [-0.05, 0) is 71.4 Å². The maximum Gasteiger partial charge on any atom is 0.229 e. The van der Waals surface area contributed by atoms with Gasteiger partial charge < -0.3 is 25.6 Å². The molecule has 1 saturated heterocycles. The normalized spacial score (nSPS) is 16.6. The van der Waals surface area contributed by atoms with Crippen molar-refractivity contribution in [1.82, 2.24) is 29.4 Å². The summed E-state index contributed by atoms with van der Waals surface area (Å²) in [5.41, 5.74) is 7.51. The summed E-state index contributed by atoms with van der Waals surface area (Å²) in [6, 6.07) is 6.41. The Morgan fingerprint density at radius 3 is 2.46 bits per heavy atom. The van der Waals surface area contributed by atoms with E-state index in [1.54, 1.807) is 24.4 Å². The second-order valence-electron chi connectivity index (χ2n) is 10.5. The minimum Gasteiger partial charge on any atom is -0.386 e. The molecule has 1 aromatic carbocycles. The molecule has 4 N–H and O–H groups in total. The molecule has 0 amide bonds. The number of nitrogens with two attached hydrogens (primary N) is 1. The first-order valence-electron chi connectivity index (χ1n) is 13.2. The molecule has 1 aliphatic rings. The summed E-state index contributed by atoms with van der Waals surface area (Å²) in [6.45, 7) is 10.5. The molecule has 0 aliphatic carbocycles. The van der Waals surface area contributed by atoms with Gasteiger partial charge >= 0.3 is 0 Å². The standard InChI is InChI=1S/C28H34F2N8O/c1-5-37-10-8-28(31,9-11-37)26(39)18-6-7-23(32-14-18)35-27-33-15-21(30)24(36-27)19-12-20(29)25-22(13-19)38(16(2)3)17(4)34-25/h6-7,12-16,26,39H,5,8-11,31H2,1-4H3,(H,32,33,35,36)/t26-/m0/s1. The molecule has 0 spiro atoms. The fraction of sp³-hybridized carbons (Fsp3) is 0.429. The van der Waals surface area contributed by atoms with Gasteiger partial charge in [-0.1, -0.05) is 13.0 Å². The van der Waals surface area contributed by atoms with E-state index in [0.29, 0.717) is 35.6 Å². The number of rotatable bonds is 7. The fourth-order valence-electron chi connectivity index (χ4n) is 5.33. The lowest BCUT2D eigenvalue weighted by Gasteiger charge is -2.41. The summed E-state index contributed by atoms with van der Waals surface area (Å²) in [5.74, 6) is -0.0472. The Balaban J connectivity index is 1.38. The summed E-state index contributed by atoms with van der Waals surface area (Å²) in [4.78, 5) is 19.4. The van der Waals surface area contributed by atoms with E-state index < -0.39 is 23.3 Å². The third-order valence-corrected chi connectivity index (χ3v) is 7.58. The molecule has 4 aromatic rings. The van der Waals surface area contributed by atoms with Crippen molar-refractivity contribution >= 4 is 22.8 Å². The number of likely N-dealkylation sites (tertiary alicyclic amines) is 1. The molecule has 0 bridgehead atoms. The third kappa shape index (κ3) is 5.21. The zero-order chi connectivity index (χ0) is 27.9. The van der Waals surface area contributed by atoms with Crippen LogP contribution in [0.5, 0.6) is 0 Å². The average molecular weight is 537 g/mol. The highest BCUT2D eigenvalue weighted by molar-refractivity contribution is 5.83. The number of anilines is 2. The van der Waals surface area contributed by atoms with E-state index in [4.69, 9.17) is 5.73 Å². The molecule has 0 unspecified atom stereocenters. The number of aliphatic hydroxyl groups excluding tert-OH is 1. The quantitative estimate of drug-likeness (QED) is 0.313. The van der Waals surface area contributed by atoms with E-state index in [9.17, 15) is 13.9 Å². The van der Waals surface area contributed by atoms with E-state index >= 15 is 0 Å². The summed E-state index contributed by atoms with van der Waals surface area (Å²) in [7, 11) is 0. The van der Waals surface area contributed by atoms with E-state index in [1.807, 2.05) is 25.3 Å². The summed E-state index contributed by atoms with van der Waals surface area (Å²) >= 11 is 0. The van der Waals surface area contributed by atoms with Crippen molar-refractivity contribution in [2.75, 3.05) is 25.0 Å². The molecule has 3 aromatic heterocycles. The van der Waals surface area contributed by atoms with Gasteiger partial charge in [-0.3, -0.25) is 0 Å². The fourth-order valence-corrected chi connectivity index (χ4v) is 5.33. The van der Waals surface area contributed by atoms with Crippen molar-refractivity contribution in [3.05, 3.63) is 59.7 Å². The lowest BCUT2D eigenvalue weighted by atomic mass is 9.80. The third-order valence-electron chi connectivity index (χ3n) is 7.58.